The second-order valence-electron chi connectivity index (χ2n) is 5.71. The van der Waals surface area contributed by atoms with Gasteiger partial charge in [0.1, 0.15) is 0 Å². The molecule has 1 aromatic carbocycles. The molecule has 0 aliphatic carbocycles. The molecule has 1 aliphatic heterocycles. The van der Waals surface area contributed by atoms with Gasteiger partial charge in [-0.1, -0.05) is 22.0 Å². The third-order valence-electron chi connectivity index (χ3n) is 3.89. The summed E-state index contributed by atoms with van der Waals surface area (Å²) in [4.78, 5) is 14.8. The van der Waals surface area contributed by atoms with Gasteiger partial charge in [-0.3, -0.25) is 9.69 Å². The molecule has 5 heteroatoms. The molecule has 2 rings (SSSR count). The largest absolute Gasteiger partial charge is 0.324 e. The number of carbonyl (C=O) groups is 1. The van der Waals surface area contributed by atoms with E-state index in [0.717, 1.165) is 41.9 Å². The van der Waals surface area contributed by atoms with Crippen LogP contribution in [0.3, 0.4) is 0 Å². The average molecular weight is 340 g/mol. The summed E-state index contributed by atoms with van der Waals surface area (Å²) in [6, 6.07) is 5.88. The summed E-state index contributed by atoms with van der Waals surface area (Å²) in [5.41, 5.74) is 1.49. The Labute approximate surface area is 129 Å². The summed E-state index contributed by atoms with van der Waals surface area (Å²) in [5.74, 6) is 0.0372. The van der Waals surface area contributed by atoms with Crippen LogP contribution in [0.4, 0.5) is 5.69 Å². The van der Waals surface area contributed by atoms with Crippen molar-refractivity contribution in [3.05, 3.63) is 28.2 Å². The number of nitrogens with one attached hydrogen (secondary N) is 2. The molecule has 1 heterocycles. The Morgan fingerprint density at radius 1 is 1.35 bits per heavy atom. The van der Waals surface area contributed by atoms with E-state index < -0.39 is 5.54 Å². The van der Waals surface area contributed by atoms with Crippen molar-refractivity contribution in [2.24, 2.45) is 0 Å². The van der Waals surface area contributed by atoms with Crippen molar-refractivity contribution in [2.75, 3.05) is 31.5 Å². The number of nitrogens with zero attached hydrogens (tertiary/aromatic N) is 1. The van der Waals surface area contributed by atoms with Crippen LogP contribution in [-0.4, -0.2) is 42.5 Å². The van der Waals surface area contributed by atoms with Crippen LogP contribution in [0.5, 0.6) is 0 Å². The molecule has 0 unspecified atom stereocenters. The molecule has 0 saturated carbocycles. The first kappa shape index (κ1) is 15.5. The number of amides is 1. The van der Waals surface area contributed by atoms with Crippen molar-refractivity contribution in [3.8, 4) is 0 Å². The van der Waals surface area contributed by atoms with Gasteiger partial charge < -0.3 is 10.6 Å². The second kappa shape index (κ2) is 6.24. The van der Waals surface area contributed by atoms with Gasteiger partial charge in [-0.05, 0) is 38.5 Å². The topological polar surface area (TPSA) is 44.4 Å². The zero-order valence-corrected chi connectivity index (χ0v) is 13.9. The number of hydrogen-bond donors (Lipinski definition) is 2. The van der Waals surface area contributed by atoms with E-state index in [4.69, 9.17) is 0 Å². The number of anilines is 1. The summed E-state index contributed by atoms with van der Waals surface area (Å²) in [6.07, 6.45) is 0. The van der Waals surface area contributed by atoms with Gasteiger partial charge in [-0.15, -0.1) is 0 Å². The lowest BCUT2D eigenvalue weighted by molar-refractivity contribution is -0.126. The number of aryl methyl sites for hydroxylation is 1. The van der Waals surface area contributed by atoms with E-state index in [2.05, 4.69) is 31.5 Å². The van der Waals surface area contributed by atoms with Crippen LogP contribution in [0.15, 0.2) is 22.7 Å². The van der Waals surface area contributed by atoms with Crippen LogP contribution in [0.1, 0.15) is 19.4 Å². The fourth-order valence-electron chi connectivity index (χ4n) is 2.32. The maximum absolute atomic E-state index is 12.5. The summed E-state index contributed by atoms with van der Waals surface area (Å²) in [6.45, 7) is 9.67. The van der Waals surface area contributed by atoms with Gasteiger partial charge in [0.15, 0.2) is 0 Å². The van der Waals surface area contributed by atoms with E-state index in [1.165, 1.54) is 0 Å². The van der Waals surface area contributed by atoms with Crippen LogP contribution >= 0.6 is 15.9 Å². The lowest BCUT2D eigenvalue weighted by atomic mass is 10.00. The Balaban J connectivity index is 2.07. The van der Waals surface area contributed by atoms with Gasteiger partial charge in [0.25, 0.3) is 0 Å². The molecule has 0 radical (unpaired) electrons. The Morgan fingerprint density at radius 2 is 2.00 bits per heavy atom. The van der Waals surface area contributed by atoms with Crippen LogP contribution in [-0.2, 0) is 4.79 Å². The van der Waals surface area contributed by atoms with E-state index in [0.29, 0.717) is 0 Å². The lowest BCUT2D eigenvalue weighted by Gasteiger charge is -2.39. The molecule has 20 heavy (non-hydrogen) atoms. The second-order valence-corrected chi connectivity index (χ2v) is 6.57. The third kappa shape index (κ3) is 3.40. The Kier molecular flexibility index (Phi) is 4.83. The molecule has 0 bridgehead atoms. The molecule has 1 aromatic rings. The quantitative estimate of drug-likeness (QED) is 0.888. The van der Waals surface area contributed by atoms with E-state index in [-0.39, 0.29) is 5.91 Å². The summed E-state index contributed by atoms with van der Waals surface area (Å²) < 4.78 is 1.01. The zero-order chi connectivity index (χ0) is 14.8. The molecule has 4 nitrogen and oxygen atoms in total. The van der Waals surface area contributed by atoms with Gasteiger partial charge in [0, 0.05) is 36.3 Å². The van der Waals surface area contributed by atoms with E-state index in [9.17, 15) is 4.79 Å². The van der Waals surface area contributed by atoms with E-state index in [1.54, 1.807) is 0 Å². The van der Waals surface area contributed by atoms with Crippen molar-refractivity contribution in [1.82, 2.24) is 10.2 Å². The van der Waals surface area contributed by atoms with Crippen molar-refractivity contribution in [2.45, 2.75) is 26.3 Å². The number of carbonyl (C=O) groups excluding carboxylic acids is 1. The SMILES string of the molecule is Cc1ccc(NC(=O)C(C)(C)N2CCNCC2)cc1Br. The van der Waals surface area contributed by atoms with E-state index in [1.807, 2.05) is 39.0 Å². The van der Waals surface area contributed by atoms with Crippen molar-refractivity contribution in [1.29, 1.82) is 0 Å². The highest BCUT2D eigenvalue weighted by Gasteiger charge is 2.35. The first-order valence-corrected chi connectivity index (χ1v) is 7.74. The molecule has 0 spiro atoms. The number of hydrogen-bond acceptors (Lipinski definition) is 3. The third-order valence-corrected chi connectivity index (χ3v) is 4.75. The van der Waals surface area contributed by atoms with Crippen LogP contribution < -0.4 is 10.6 Å². The standard InChI is InChI=1S/C15H22BrN3O/c1-11-4-5-12(10-13(11)16)18-14(20)15(2,3)19-8-6-17-7-9-19/h4-5,10,17H,6-9H2,1-3H3,(H,18,20). The fourth-order valence-corrected chi connectivity index (χ4v) is 2.70. The summed E-state index contributed by atoms with van der Waals surface area (Å²) in [7, 11) is 0. The molecule has 1 amide bonds. The number of halogens is 1. The smallest absolute Gasteiger partial charge is 0.244 e. The first-order chi connectivity index (χ1) is 9.41. The fraction of sp³-hybridized carbons (Fsp3) is 0.533. The minimum atomic E-state index is -0.501. The van der Waals surface area contributed by atoms with Crippen LogP contribution in [0, 0.1) is 6.92 Å². The maximum atomic E-state index is 12.5. The van der Waals surface area contributed by atoms with Gasteiger partial charge in [-0.2, -0.15) is 0 Å². The average Bonchev–Trinajstić information content (AvgIpc) is 2.44. The highest BCUT2D eigenvalue weighted by atomic mass is 79.9. The molecule has 1 saturated heterocycles. The number of benzene rings is 1. The van der Waals surface area contributed by atoms with Gasteiger partial charge in [0.2, 0.25) is 5.91 Å². The zero-order valence-electron chi connectivity index (χ0n) is 12.3. The highest BCUT2D eigenvalue weighted by Crippen LogP contribution is 2.23. The van der Waals surface area contributed by atoms with Crippen LogP contribution in [0.25, 0.3) is 0 Å². The van der Waals surface area contributed by atoms with Gasteiger partial charge >= 0.3 is 0 Å². The van der Waals surface area contributed by atoms with Crippen LogP contribution in [0.2, 0.25) is 0 Å². The Bertz CT molecular complexity index is 496. The number of rotatable bonds is 3. The van der Waals surface area contributed by atoms with Crippen molar-refractivity contribution in [3.63, 3.8) is 0 Å². The first-order valence-electron chi connectivity index (χ1n) is 6.94. The Hall–Kier alpha value is -0.910. The molecule has 0 atom stereocenters. The molecule has 2 N–H and O–H groups in total. The summed E-state index contributed by atoms with van der Waals surface area (Å²) in [5, 5.41) is 6.33. The number of piperazine rings is 1. The van der Waals surface area contributed by atoms with Crippen molar-refractivity contribution >= 4 is 27.5 Å². The molecule has 0 aromatic heterocycles. The normalized spacial score (nSPS) is 17.0. The van der Waals surface area contributed by atoms with E-state index >= 15 is 0 Å². The highest BCUT2D eigenvalue weighted by molar-refractivity contribution is 9.10. The minimum Gasteiger partial charge on any atom is -0.324 e. The molecule has 1 fully saturated rings. The van der Waals surface area contributed by atoms with Crippen molar-refractivity contribution < 1.29 is 4.79 Å². The molecular formula is C15H22BrN3O. The predicted molar refractivity (Wildman–Crippen MR) is 86.0 cm³/mol. The molecule has 1 aliphatic rings. The van der Waals surface area contributed by atoms with Gasteiger partial charge in [-0.25, -0.2) is 0 Å². The lowest BCUT2D eigenvalue weighted by Crippen LogP contribution is -2.58. The minimum absolute atomic E-state index is 0.0372. The maximum Gasteiger partial charge on any atom is 0.244 e. The molecule has 110 valence electrons. The monoisotopic (exact) mass is 339 g/mol. The Morgan fingerprint density at radius 3 is 2.60 bits per heavy atom. The van der Waals surface area contributed by atoms with Gasteiger partial charge in [0.05, 0.1) is 5.54 Å². The predicted octanol–water partition coefficient (Wildman–Crippen LogP) is 2.38. The molecular weight excluding hydrogens is 318 g/mol. The summed E-state index contributed by atoms with van der Waals surface area (Å²) >= 11 is 3.49.